The van der Waals surface area contributed by atoms with Crippen molar-refractivity contribution in [2.24, 2.45) is 0 Å². The molecule has 1 atom stereocenters. The quantitative estimate of drug-likeness (QED) is 0.701. The molecule has 1 nitrogen and oxygen atoms in total. The van der Waals surface area contributed by atoms with Gasteiger partial charge in [0.2, 0.25) is 0 Å². The molecule has 1 N–H and O–H groups in total. The van der Waals surface area contributed by atoms with Gasteiger partial charge >= 0.3 is 0 Å². The van der Waals surface area contributed by atoms with Crippen LogP contribution in [0.1, 0.15) is 30.0 Å². The maximum absolute atomic E-state index is 3.75. The number of hydrogen-bond acceptors (Lipinski definition) is 1. The Kier molecular flexibility index (Phi) is 4.41. The number of rotatable bonds is 5. The van der Waals surface area contributed by atoms with Crippen LogP contribution >= 0.6 is 0 Å². The lowest BCUT2D eigenvalue weighted by Gasteiger charge is -2.15. The molecular formula is C13H19N. The molecule has 0 aliphatic carbocycles. The van der Waals surface area contributed by atoms with Gasteiger partial charge in [-0.25, -0.2) is 0 Å². The van der Waals surface area contributed by atoms with Gasteiger partial charge in [-0.2, -0.15) is 0 Å². The van der Waals surface area contributed by atoms with E-state index in [1.165, 1.54) is 11.1 Å². The van der Waals surface area contributed by atoms with Crippen LogP contribution in [-0.2, 0) is 0 Å². The van der Waals surface area contributed by atoms with E-state index in [1.54, 1.807) is 0 Å². The van der Waals surface area contributed by atoms with Gasteiger partial charge in [0.1, 0.15) is 0 Å². The molecule has 1 rings (SSSR count). The van der Waals surface area contributed by atoms with Crippen molar-refractivity contribution in [3.63, 3.8) is 0 Å². The summed E-state index contributed by atoms with van der Waals surface area (Å²) in [6, 6.07) is 9.16. The first kappa shape index (κ1) is 11.0. The molecule has 0 saturated carbocycles. The summed E-state index contributed by atoms with van der Waals surface area (Å²) in [6.45, 7) is 5.86. The molecule has 1 unspecified atom stereocenters. The van der Waals surface area contributed by atoms with Gasteiger partial charge < -0.3 is 5.32 Å². The Balaban J connectivity index is 2.68. The van der Waals surface area contributed by atoms with Crippen molar-refractivity contribution in [2.45, 2.75) is 25.8 Å². The van der Waals surface area contributed by atoms with Crippen LogP contribution in [0.2, 0.25) is 0 Å². The van der Waals surface area contributed by atoms with Crippen LogP contribution in [0.5, 0.6) is 0 Å². The molecule has 1 aromatic rings. The molecule has 0 saturated heterocycles. The van der Waals surface area contributed by atoms with Gasteiger partial charge in [-0.15, -0.1) is 6.58 Å². The van der Waals surface area contributed by atoms with Crippen molar-refractivity contribution in [1.29, 1.82) is 0 Å². The fourth-order valence-corrected chi connectivity index (χ4v) is 1.56. The minimum atomic E-state index is 0.452. The van der Waals surface area contributed by atoms with E-state index in [4.69, 9.17) is 0 Å². The summed E-state index contributed by atoms with van der Waals surface area (Å²) in [7, 11) is 2.01. The monoisotopic (exact) mass is 189 g/mol. The predicted molar refractivity (Wildman–Crippen MR) is 62.4 cm³/mol. The largest absolute Gasteiger partial charge is 0.313 e. The maximum atomic E-state index is 3.75. The third-order valence-electron chi connectivity index (χ3n) is 2.49. The standard InChI is InChI=1S/C13H19N/c1-4-5-6-13(14-3)12-9-7-11(2)8-10-12/h4,7-10,13-14H,1,5-6H2,2-3H3. The SMILES string of the molecule is C=CCCC(NC)c1ccc(C)cc1. The Morgan fingerprint density at radius 1 is 1.36 bits per heavy atom. The number of nitrogens with one attached hydrogen (secondary N) is 1. The van der Waals surface area contributed by atoms with Gasteiger partial charge in [-0.1, -0.05) is 35.9 Å². The van der Waals surface area contributed by atoms with Crippen LogP contribution in [0, 0.1) is 6.92 Å². The second-order valence-corrected chi connectivity index (χ2v) is 3.62. The average Bonchev–Trinajstić information content (AvgIpc) is 2.21. The summed E-state index contributed by atoms with van der Waals surface area (Å²) in [5.41, 5.74) is 2.67. The number of allylic oxidation sites excluding steroid dienone is 1. The highest BCUT2D eigenvalue weighted by Gasteiger charge is 2.06. The van der Waals surface area contributed by atoms with Crippen LogP contribution in [0.25, 0.3) is 0 Å². The Labute approximate surface area is 86.8 Å². The molecule has 76 valence electrons. The van der Waals surface area contributed by atoms with Crippen molar-refractivity contribution in [3.8, 4) is 0 Å². The summed E-state index contributed by atoms with van der Waals surface area (Å²) in [4.78, 5) is 0. The molecule has 0 aromatic heterocycles. The lowest BCUT2D eigenvalue weighted by atomic mass is 10.0. The molecule has 0 heterocycles. The van der Waals surface area contributed by atoms with Crippen molar-refractivity contribution in [2.75, 3.05) is 7.05 Å². The molecule has 0 spiro atoms. The number of aryl methyl sites for hydroxylation is 1. The Morgan fingerprint density at radius 3 is 2.50 bits per heavy atom. The molecule has 0 radical (unpaired) electrons. The normalized spacial score (nSPS) is 12.4. The average molecular weight is 189 g/mol. The molecule has 0 aliphatic rings. The van der Waals surface area contributed by atoms with Crippen LogP contribution in [-0.4, -0.2) is 7.05 Å². The van der Waals surface area contributed by atoms with Gasteiger partial charge in [-0.3, -0.25) is 0 Å². The predicted octanol–water partition coefficient (Wildman–Crippen LogP) is 3.22. The summed E-state index contributed by atoms with van der Waals surface area (Å²) >= 11 is 0. The summed E-state index contributed by atoms with van der Waals surface area (Å²) in [6.07, 6.45) is 4.14. The third-order valence-corrected chi connectivity index (χ3v) is 2.49. The first-order valence-corrected chi connectivity index (χ1v) is 5.12. The van der Waals surface area contributed by atoms with Gasteiger partial charge in [0.25, 0.3) is 0 Å². The molecule has 1 heteroatoms. The minimum Gasteiger partial charge on any atom is -0.313 e. The molecular weight excluding hydrogens is 170 g/mol. The second-order valence-electron chi connectivity index (χ2n) is 3.62. The third kappa shape index (κ3) is 3.00. The minimum absolute atomic E-state index is 0.452. The molecule has 1 aromatic carbocycles. The molecule has 14 heavy (non-hydrogen) atoms. The summed E-state index contributed by atoms with van der Waals surface area (Å²) in [5, 5.41) is 3.32. The van der Waals surface area contributed by atoms with Crippen LogP contribution in [0.4, 0.5) is 0 Å². The van der Waals surface area contributed by atoms with E-state index in [9.17, 15) is 0 Å². The highest BCUT2D eigenvalue weighted by Crippen LogP contribution is 2.18. The summed E-state index contributed by atoms with van der Waals surface area (Å²) in [5.74, 6) is 0. The summed E-state index contributed by atoms with van der Waals surface area (Å²) < 4.78 is 0. The van der Waals surface area contributed by atoms with Crippen molar-refractivity contribution in [3.05, 3.63) is 48.0 Å². The smallest absolute Gasteiger partial charge is 0.0320 e. The van der Waals surface area contributed by atoms with Crippen LogP contribution < -0.4 is 5.32 Å². The zero-order chi connectivity index (χ0) is 10.4. The van der Waals surface area contributed by atoms with Gasteiger partial charge in [0.15, 0.2) is 0 Å². The van der Waals surface area contributed by atoms with Crippen LogP contribution in [0.3, 0.4) is 0 Å². The Hall–Kier alpha value is -1.08. The van der Waals surface area contributed by atoms with Gasteiger partial charge in [0, 0.05) is 6.04 Å². The van der Waals surface area contributed by atoms with E-state index in [0.717, 1.165) is 12.8 Å². The van der Waals surface area contributed by atoms with E-state index in [0.29, 0.717) is 6.04 Å². The first-order valence-electron chi connectivity index (χ1n) is 5.12. The lowest BCUT2D eigenvalue weighted by Crippen LogP contribution is -2.15. The van der Waals surface area contributed by atoms with Gasteiger partial charge in [0.05, 0.1) is 0 Å². The molecule has 0 bridgehead atoms. The fourth-order valence-electron chi connectivity index (χ4n) is 1.56. The lowest BCUT2D eigenvalue weighted by molar-refractivity contribution is 0.555. The van der Waals surface area contributed by atoms with Crippen molar-refractivity contribution in [1.82, 2.24) is 5.32 Å². The zero-order valence-corrected chi connectivity index (χ0v) is 9.09. The second kappa shape index (κ2) is 5.61. The first-order chi connectivity index (χ1) is 6.77. The van der Waals surface area contributed by atoms with Crippen molar-refractivity contribution < 1.29 is 0 Å². The molecule has 0 amide bonds. The van der Waals surface area contributed by atoms with E-state index in [-0.39, 0.29) is 0 Å². The fraction of sp³-hybridized carbons (Fsp3) is 0.385. The van der Waals surface area contributed by atoms with E-state index >= 15 is 0 Å². The Morgan fingerprint density at radius 2 is 2.00 bits per heavy atom. The molecule has 0 fully saturated rings. The van der Waals surface area contributed by atoms with Crippen molar-refractivity contribution >= 4 is 0 Å². The zero-order valence-electron chi connectivity index (χ0n) is 9.09. The van der Waals surface area contributed by atoms with E-state index in [2.05, 4.69) is 43.1 Å². The highest BCUT2D eigenvalue weighted by molar-refractivity contribution is 5.24. The molecule has 0 aliphatic heterocycles. The van der Waals surface area contributed by atoms with E-state index in [1.807, 2.05) is 13.1 Å². The highest BCUT2D eigenvalue weighted by atomic mass is 14.9. The topological polar surface area (TPSA) is 12.0 Å². The Bertz CT molecular complexity index is 274. The number of hydrogen-bond donors (Lipinski definition) is 1. The van der Waals surface area contributed by atoms with Crippen LogP contribution in [0.15, 0.2) is 36.9 Å². The maximum Gasteiger partial charge on any atom is 0.0320 e. The number of benzene rings is 1. The van der Waals surface area contributed by atoms with Gasteiger partial charge in [-0.05, 0) is 32.4 Å². The van der Waals surface area contributed by atoms with E-state index < -0.39 is 0 Å².